The van der Waals surface area contributed by atoms with Gasteiger partial charge in [-0.15, -0.1) is 0 Å². The molecule has 7 nitrogen and oxygen atoms in total. The van der Waals surface area contributed by atoms with Gasteiger partial charge in [0.25, 0.3) is 0 Å². The van der Waals surface area contributed by atoms with Crippen LogP contribution in [-0.4, -0.2) is 57.8 Å². The van der Waals surface area contributed by atoms with Gasteiger partial charge in [0, 0.05) is 18.8 Å². The standard InChI is InChI=1S/C17H22O7/c1-6(18)12-8(20)4-10(22)14-15(12)24-11-5-9(21)13(7(2)19)16(23)17(11,14)3/h8,10-15,20,22H,4-5H2,1-3H3. The second-order valence-electron chi connectivity index (χ2n) is 7.48. The van der Waals surface area contributed by atoms with Gasteiger partial charge in [0.05, 0.1) is 35.7 Å². The highest BCUT2D eigenvalue weighted by molar-refractivity contribution is 6.22. The second kappa shape index (κ2) is 5.54. The maximum Gasteiger partial charge on any atom is 0.159 e. The highest BCUT2D eigenvalue weighted by atomic mass is 16.5. The minimum absolute atomic E-state index is 0.0386. The smallest absolute Gasteiger partial charge is 0.159 e. The van der Waals surface area contributed by atoms with Crippen LogP contribution in [-0.2, 0) is 23.9 Å². The van der Waals surface area contributed by atoms with E-state index in [2.05, 4.69) is 0 Å². The van der Waals surface area contributed by atoms with Gasteiger partial charge in [-0.1, -0.05) is 0 Å². The third-order valence-electron chi connectivity index (χ3n) is 6.08. The Labute approximate surface area is 139 Å². The highest BCUT2D eigenvalue weighted by Crippen LogP contribution is 2.56. The molecule has 2 N–H and O–H groups in total. The van der Waals surface area contributed by atoms with Crippen molar-refractivity contribution in [3.8, 4) is 0 Å². The molecule has 3 aliphatic rings. The van der Waals surface area contributed by atoms with E-state index >= 15 is 0 Å². The van der Waals surface area contributed by atoms with Crippen LogP contribution in [0.4, 0.5) is 0 Å². The molecule has 0 aromatic rings. The first kappa shape index (κ1) is 17.4. The number of aliphatic hydroxyl groups excluding tert-OH is 2. The predicted octanol–water partition coefficient (Wildman–Crippen LogP) is -0.546. The van der Waals surface area contributed by atoms with Crippen molar-refractivity contribution in [2.75, 3.05) is 0 Å². The van der Waals surface area contributed by atoms with Gasteiger partial charge < -0.3 is 14.9 Å². The maximum atomic E-state index is 13.0. The molecule has 24 heavy (non-hydrogen) atoms. The van der Waals surface area contributed by atoms with Gasteiger partial charge in [0.1, 0.15) is 17.5 Å². The van der Waals surface area contributed by atoms with E-state index in [0.29, 0.717) is 0 Å². The fourth-order valence-corrected chi connectivity index (χ4v) is 4.91. The predicted molar refractivity (Wildman–Crippen MR) is 79.9 cm³/mol. The number of aliphatic hydroxyl groups is 2. The van der Waals surface area contributed by atoms with Crippen molar-refractivity contribution in [1.82, 2.24) is 0 Å². The van der Waals surface area contributed by atoms with Crippen molar-refractivity contribution in [1.29, 1.82) is 0 Å². The number of hydrogen-bond acceptors (Lipinski definition) is 7. The van der Waals surface area contributed by atoms with E-state index in [0.717, 1.165) is 0 Å². The Hall–Kier alpha value is -1.44. The van der Waals surface area contributed by atoms with Crippen molar-refractivity contribution < 1.29 is 34.1 Å². The first-order valence-electron chi connectivity index (χ1n) is 8.20. The number of ether oxygens (including phenoxy) is 1. The number of Topliss-reactive ketones (excluding diaryl/α,β-unsaturated/α-hetero) is 4. The number of carbonyl (C=O) groups excluding carboxylic acids is 4. The molecule has 0 radical (unpaired) electrons. The van der Waals surface area contributed by atoms with E-state index in [-0.39, 0.29) is 18.6 Å². The molecule has 0 aromatic heterocycles. The molecule has 2 saturated carbocycles. The Morgan fingerprint density at radius 3 is 2.29 bits per heavy atom. The average molecular weight is 338 g/mol. The molecule has 1 aliphatic heterocycles. The van der Waals surface area contributed by atoms with E-state index in [1.807, 2.05) is 0 Å². The molecule has 1 heterocycles. The summed E-state index contributed by atoms with van der Waals surface area (Å²) in [4.78, 5) is 48.9. The Bertz CT molecular complexity index is 626. The third kappa shape index (κ3) is 2.14. The summed E-state index contributed by atoms with van der Waals surface area (Å²) in [5.74, 6) is -4.72. The first-order chi connectivity index (χ1) is 11.1. The molecular formula is C17H22O7. The van der Waals surface area contributed by atoms with Crippen LogP contribution in [0.5, 0.6) is 0 Å². The fourth-order valence-electron chi connectivity index (χ4n) is 4.91. The molecule has 0 bridgehead atoms. The molecule has 1 saturated heterocycles. The SMILES string of the molecule is CC(=O)C1C(=O)CC2OC3C(C(C)=O)C(O)CC(O)C3C2(C)C1=O. The van der Waals surface area contributed by atoms with E-state index in [4.69, 9.17) is 4.74 Å². The van der Waals surface area contributed by atoms with Gasteiger partial charge in [0.15, 0.2) is 11.6 Å². The lowest BCUT2D eigenvalue weighted by molar-refractivity contribution is -0.155. The maximum absolute atomic E-state index is 13.0. The summed E-state index contributed by atoms with van der Waals surface area (Å²) < 4.78 is 5.86. The minimum Gasteiger partial charge on any atom is -0.393 e. The highest BCUT2D eigenvalue weighted by Gasteiger charge is 2.68. The fraction of sp³-hybridized carbons (Fsp3) is 0.765. The number of ketones is 4. The van der Waals surface area contributed by atoms with Crippen LogP contribution in [0.2, 0.25) is 0 Å². The summed E-state index contributed by atoms with van der Waals surface area (Å²) in [5.41, 5.74) is -1.22. The van der Waals surface area contributed by atoms with Crippen LogP contribution in [0, 0.1) is 23.2 Å². The number of hydrogen-bond donors (Lipinski definition) is 2. The molecule has 8 unspecified atom stereocenters. The van der Waals surface area contributed by atoms with Gasteiger partial charge in [-0.3, -0.25) is 19.2 Å². The summed E-state index contributed by atoms with van der Waals surface area (Å²) in [5, 5.41) is 20.7. The quantitative estimate of drug-likeness (QED) is 0.649. The normalized spacial score (nSPS) is 48.0. The number of rotatable bonds is 2. The van der Waals surface area contributed by atoms with Gasteiger partial charge >= 0.3 is 0 Å². The van der Waals surface area contributed by atoms with E-state index in [1.54, 1.807) is 6.92 Å². The molecule has 132 valence electrons. The van der Waals surface area contributed by atoms with Crippen molar-refractivity contribution in [3.63, 3.8) is 0 Å². The molecule has 8 atom stereocenters. The van der Waals surface area contributed by atoms with E-state index in [9.17, 15) is 29.4 Å². The van der Waals surface area contributed by atoms with E-state index in [1.165, 1.54) is 13.8 Å². The number of carbonyl (C=O) groups is 4. The number of fused-ring (bicyclic) bond motifs is 3. The Morgan fingerprint density at radius 2 is 1.75 bits per heavy atom. The minimum atomic E-state index is -1.33. The zero-order valence-electron chi connectivity index (χ0n) is 13.9. The second-order valence-corrected chi connectivity index (χ2v) is 7.48. The van der Waals surface area contributed by atoms with Crippen LogP contribution in [0.25, 0.3) is 0 Å². The summed E-state index contributed by atoms with van der Waals surface area (Å²) >= 11 is 0. The van der Waals surface area contributed by atoms with Crippen molar-refractivity contribution >= 4 is 23.1 Å². The average Bonchev–Trinajstić information content (AvgIpc) is 2.72. The van der Waals surface area contributed by atoms with Crippen molar-refractivity contribution in [2.45, 2.75) is 58.0 Å². The van der Waals surface area contributed by atoms with Crippen molar-refractivity contribution in [2.24, 2.45) is 23.2 Å². The molecule has 3 rings (SSSR count). The molecular weight excluding hydrogens is 316 g/mol. The lowest BCUT2D eigenvalue weighted by atomic mass is 9.56. The van der Waals surface area contributed by atoms with Crippen LogP contribution < -0.4 is 0 Å². The van der Waals surface area contributed by atoms with Gasteiger partial charge in [-0.2, -0.15) is 0 Å². The summed E-state index contributed by atoms with van der Waals surface area (Å²) in [6.07, 6.45) is -3.86. The monoisotopic (exact) mass is 338 g/mol. The Kier molecular flexibility index (Phi) is 4.01. The molecule has 0 aromatic carbocycles. The summed E-state index contributed by atoms with van der Waals surface area (Å²) in [6, 6.07) is 0. The van der Waals surface area contributed by atoms with Crippen molar-refractivity contribution in [3.05, 3.63) is 0 Å². The van der Waals surface area contributed by atoms with Gasteiger partial charge in [0.2, 0.25) is 0 Å². The van der Waals surface area contributed by atoms with Gasteiger partial charge in [-0.05, 0) is 20.8 Å². The molecule has 7 heteroatoms. The lowest BCUT2D eigenvalue weighted by Crippen LogP contribution is -2.59. The zero-order valence-corrected chi connectivity index (χ0v) is 13.9. The van der Waals surface area contributed by atoms with Gasteiger partial charge in [-0.25, -0.2) is 0 Å². The molecule has 3 fully saturated rings. The Balaban J connectivity index is 2.06. The Morgan fingerprint density at radius 1 is 1.12 bits per heavy atom. The van der Waals surface area contributed by atoms with Crippen LogP contribution >= 0.6 is 0 Å². The molecule has 0 amide bonds. The zero-order chi connectivity index (χ0) is 18.0. The lowest BCUT2D eigenvalue weighted by Gasteiger charge is -2.44. The third-order valence-corrected chi connectivity index (χ3v) is 6.08. The largest absolute Gasteiger partial charge is 0.393 e. The molecule has 2 aliphatic carbocycles. The first-order valence-corrected chi connectivity index (χ1v) is 8.20. The summed E-state index contributed by atoms with van der Waals surface area (Å²) in [6.45, 7) is 4.14. The van der Waals surface area contributed by atoms with Crippen LogP contribution in [0.15, 0.2) is 0 Å². The molecule has 0 spiro atoms. The van der Waals surface area contributed by atoms with Crippen LogP contribution in [0.3, 0.4) is 0 Å². The summed E-state index contributed by atoms with van der Waals surface area (Å²) in [7, 11) is 0. The van der Waals surface area contributed by atoms with Crippen LogP contribution in [0.1, 0.15) is 33.6 Å². The van der Waals surface area contributed by atoms with E-state index < -0.39 is 64.9 Å². The topological polar surface area (TPSA) is 118 Å².